The van der Waals surface area contributed by atoms with Crippen LogP contribution in [0.1, 0.15) is 30.2 Å². The van der Waals surface area contributed by atoms with E-state index in [2.05, 4.69) is 29.3 Å². The second kappa shape index (κ2) is 6.20. The molecule has 3 rings (SSSR count). The molecule has 1 aliphatic carbocycles. The zero-order chi connectivity index (χ0) is 14.8. The molecule has 0 saturated carbocycles. The van der Waals surface area contributed by atoms with E-state index in [1.165, 1.54) is 52.8 Å². The molecule has 0 saturated heterocycles. The minimum Gasteiger partial charge on any atom is -0.304 e. The third kappa shape index (κ3) is 2.85. The summed E-state index contributed by atoms with van der Waals surface area (Å²) in [5, 5.41) is 18.0. The van der Waals surface area contributed by atoms with Gasteiger partial charge in [-0.2, -0.15) is 5.26 Å². The van der Waals surface area contributed by atoms with Crippen LogP contribution in [-0.4, -0.2) is 20.5 Å². The fourth-order valence-corrected chi connectivity index (χ4v) is 4.61. The van der Waals surface area contributed by atoms with E-state index >= 15 is 0 Å². The molecule has 2 aromatic heterocycles. The fourth-order valence-electron chi connectivity index (χ4n) is 2.81. The van der Waals surface area contributed by atoms with Crippen LogP contribution in [0.25, 0.3) is 10.7 Å². The van der Waals surface area contributed by atoms with Crippen molar-refractivity contribution in [3.8, 4) is 16.8 Å². The number of hydrogen-bond donors (Lipinski definition) is 0. The summed E-state index contributed by atoms with van der Waals surface area (Å²) in [5.74, 6) is 2.16. The molecule has 0 spiro atoms. The number of nitriles is 1. The van der Waals surface area contributed by atoms with Crippen molar-refractivity contribution >= 4 is 23.1 Å². The minimum absolute atomic E-state index is 0.408. The lowest BCUT2D eigenvalue weighted by Crippen LogP contribution is -2.10. The van der Waals surface area contributed by atoms with Crippen molar-refractivity contribution < 1.29 is 0 Å². The Morgan fingerprint density at radius 1 is 1.52 bits per heavy atom. The highest BCUT2D eigenvalue weighted by Crippen LogP contribution is 2.37. The molecule has 0 unspecified atom stereocenters. The van der Waals surface area contributed by atoms with Crippen molar-refractivity contribution in [1.82, 2.24) is 14.8 Å². The molecule has 1 atom stereocenters. The van der Waals surface area contributed by atoms with Crippen LogP contribution in [0, 0.1) is 17.2 Å². The molecule has 6 heteroatoms. The van der Waals surface area contributed by atoms with Crippen molar-refractivity contribution in [2.24, 2.45) is 13.0 Å². The van der Waals surface area contributed by atoms with Gasteiger partial charge in [-0.3, -0.25) is 0 Å². The summed E-state index contributed by atoms with van der Waals surface area (Å²) >= 11 is 3.29. The molecule has 1 aliphatic rings. The van der Waals surface area contributed by atoms with E-state index in [0.29, 0.717) is 5.75 Å². The van der Waals surface area contributed by atoms with Crippen molar-refractivity contribution in [1.29, 1.82) is 5.26 Å². The van der Waals surface area contributed by atoms with Crippen LogP contribution in [0.5, 0.6) is 0 Å². The van der Waals surface area contributed by atoms with Crippen LogP contribution in [0.4, 0.5) is 0 Å². The van der Waals surface area contributed by atoms with Crippen LogP contribution in [0.15, 0.2) is 11.2 Å². The Morgan fingerprint density at radius 2 is 2.38 bits per heavy atom. The van der Waals surface area contributed by atoms with Gasteiger partial charge in [0, 0.05) is 11.9 Å². The van der Waals surface area contributed by atoms with Gasteiger partial charge in [-0.05, 0) is 36.8 Å². The maximum Gasteiger partial charge on any atom is 0.192 e. The molecule has 0 N–H and O–H groups in total. The van der Waals surface area contributed by atoms with Crippen molar-refractivity contribution in [2.45, 2.75) is 37.8 Å². The Hall–Kier alpha value is -1.32. The molecule has 2 aromatic rings. The molecule has 2 heterocycles. The SMILES string of the molecule is CC[C@H]1CCc2sc(-c3nnc(SCC#N)n3C)cc2C1. The van der Waals surface area contributed by atoms with Gasteiger partial charge in [0.05, 0.1) is 16.7 Å². The fraction of sp³-hybridized carbons (Fsp3) is 0.533. The second-order valence-electron chi connectivity index (χ2n) is 5.39. The summed E-state index contributed by atoms with van der Waals surface area (Å²) in [6.45, 7) is 2.28. The standard InChI is InChI=1S/C15H18N4S2/c1-3-10-4-5-12-11(8-10)9-13(21-12)14-17-18-15(19(14)2)20-7-6-16/h9-10H,3-5,7-8H2,1-2H3/t10-/m0/s1. The van der Waals surface area contributed by atoms with Gasteiger partial charge in [0.25, 0.3) is 0 Å². The molecule has 110 valence electrons. The molecule has 0 amide bonds. The number of aromatic nitrogens is 3. The van der Waals surface area contributed by atoms with Gasteiger partial charge in [-0.1, -0.05) is 25.1 Å². The van der Waals surface area contributed by atoms with Gasteiger partial charge in [-0.15, -0.1) is 21.5 Å². The largest absolute Gasteiger partial charge is 0.304 e. The number of fused-ring (bicyclic) bond motifs is 1. The smallest absolute Gasteiger partial charge is 0.192 e. The highest BCUT2D eigenvalue weighted by molar-refractivity contribution is 7.99. The minimum atomic E-state index is 0.408. The Morgan fingerprint density at radius 3 is 3.14 bits per heavy atom. The maximum atomic E-state index is 8.67. The Bertz CT molecular complexity index is 680. The summed E-state index contributed by atoms with van der Waals surface area (Å²) in [6, 6.07) is 4.42. The highest BCUT2D eigenvalue weighted by atomic mass is 32.2. The van der Waals surface area contributed by atoms with E-state index in [1.54, 1.807) is 0 Å². The number of rotatable bonds is 4. The van der Waals surface area contributed by atoms with Crippen molar-refractivity contribution in [2.75, 3.05) is 5.75 Å². The number of nitrogens with zero attached hydrogens (tertiary/aromatic N) is 4. The average molecular weight is 318 g/mol. The monoisotopic (exact) mass is 318 g/mol. The van der Waals surface area contributed by atoms with E-state index < -0.39 is 0 Å². The molecule has 0 aliphatic heterocycles. The molecule has 0 bridgehead atoms. The van der Waals surface area contributed by atoms with E-state index in [9.17, 15) is 0 Å². The maximum absolute atomic E-state index is 8.67. The lowest BCUT2D eigenvalue weighted by atomic mass is 9.87. The topological polar surface area (TPSA) is 54.5 Å². The number of aryl methyl sites for hydroxylation is 1. The van der Waals surface area contributed by atoms with Crippen LogP contribution in [0.2, 0.25) is 0 Å². The first-order chi connectivity index (χ1) is 10.2. The van der Waals surface area contributed by atoms with Crippen LogP contribution < -0.4 is 0 Å². The predicted octanol–water partition coefficient (Wildman–Crippen LogP) is 3.67. The Kier molecular flexibility index (Phi) is 4.32. The predicted molar refractivity (Wildman–Crippen MR) is 86.5 cm³/mol. The van der Waals surface area contributed by atoms with E-state index in [-0.39, 0.29) is 0 Å². The van der Waals surface area contributed by atoms with E-state index in [1.807, 2.05) is 23.0 Å². The van der Waals surface area contributed by atoms with Gasteiger partial charge >= 0.3 is 0 Å². The lowest BCUT2D eigenvalue weighted by Gasteiger charge is -2.19. The number of thioether (sulfide) groups is 1. The third-order valence-electron chi connectivity index (χ3n) is 4.08. The molecular formula is C15H18N4S2. The molecule has 21 heavy (non-hydrogen) atoms. The van der Waals surface area contributed by atoms with Crippen LogP contribution in [0.3, 0.4) is 0 Å². The van der Waals surface area contributed by atoms with Gasteiger partial charge < -0.3 is 4.57 Å². The summed E-state index contributed by atoms with van der Waals surface area (Å²) < 4.78 is 2.00. The number of thiophene rings is 1. The summed E-state index contributed by atoms with van der Waals surface area (Å²) in [5.41, 5.74) is 1.50. The van der Waals surface area contributed by atoms with Crippen molar-refractivity contribution in [3.05, 3.63) is 16.5 Å². The summed E-state index contributed by atoms with van der Waals surface area (Å²) in [6.07, 6.45) is 4.98. The Labute approximate surface area is 133 Å². The second-order valence-corrected chi connectivity index (χ2v) is 7.47. The first-order valence-electron chi connectivity index (χ1n) is 7.24. The van der Waals surface area contributed by atoms with E-state index in [4.69, 9.17) is 5.26 Å². The van der Waals surface area contributed by atoms with E-state index in [0.717, 1.165) is 16.9 Å². The zero-order valence-electron chi connectivity index (χ0n) is 12.3. The first kappa shape index (κ1) is 14.6. The van der Waals surface area contributed by atoms with Gasteiger partial charge in [0.1, 0.15) is 0 Å². The summed E-state index contributed by atoms with van der Waals surface area (Å²) in [4.78, 5) is 2.72. The third-order valence-corrected chi connectivity index (χ3v) is 6.20. The van der Waals surface area contributed by atoms with Gasteiger partial charge in [0.2, 0.25) is 0 Å². The van der Waals surface area contributed by atoms with Crippen LogP contribution >= 0.6 is 23.1 Å². The van der Waals surface area contributed by atoms with Crippen LogP contribution in [-0.2, 0) is 19.9 Å². The average Bonchev–Trinajstić information content (AvgIpc) is 3.07. The quantitative estimate of drug-likeness (QED) is 0.807. The normalized spacial score (nSPS) is 17.5. The molecule has 4 nitrogen and oxygen atoms in total. The highest BCUT2D eigenvalue weighted by Gasteiger charge is 2.22. The molecular weight excluding hydrogens is 300 g/mol. The van der Waals surface area contributed by atoms with Gasteiger partial charge in [0.15, 0.2) is 11.0 Å². The zero-order valence-corrected chi connectivity index (χ0v) is 13.9. The lowest BCUT2D eigenvalue weighted by molar-refractivity contribution is 0.449. The molecule has 0 radical (unpaired) electrons. The first-order valence-corrected chi connectivity index (χ1v) is 9.04. The Balaban J connectivity index is 1.87. The number of hydrogen-bond acceptors (Lipinski definition) is 5. The molecule has 0 aromatic carbocycles. The molecule has 0 fully saturated rings. The van der Waals surface area contributed by atoms with Crippen molar-refractivity contribution in [3.63, 3.8) is 0 Å². The summed E-state index contributed by atoms with van der Waals surface area (Å²) in [7, 11) is 1.97. The van der Waals surface area contributed by atoms with Gasteiger partial charge in [-0.25, -0.2) is 0 Å².